The third-order valence-electron chi connectivity index (χ3n) is 4.36. The number of rotatable bonds is 0. The highest BCUT2D eigenvalue weighted by atomic mass is 16.3. The Balaban J connectivity index is 2.27. The Morgan fingerprint density at radius 2 is 1.75 bits per heavy atom. The summed E-state index contributed by atoms with van der Waals surface area (Å²) in [5.41, 5.74) is -0.610. The van der Waals surface area contributed by atoms with Crippen molar-refractivity contribution in [1.82, 2.24) is 0 Å². The molecule has 0 aromatic rings. The highest BCUT2D eigenvalue weighted by Crippen LogP contribution is 2.62. The average Bonchev–Trinajstić information content (AvgIpc) is 1.93. The Morgan fingerprint density at radius 1 is 1.17 bits per heavy atom. The Labute approximate surface area is 73.6 Å². The van der Waals surface area contributed by atoms with Crippen LogP contribution in [0.1, 0.15) is 33.6 Å². The number of hydrogen-bond donors (Lipinski definition) is 2. The largest absolute Gasteiger partial charge is 0.390 e. The summed E-state index contributed by atoms with van der Waals surface area (Å²) < 4.78 is 0. The van der Waals surface area contributed by atoms with E-state index < -0.39 is 11.7 Å². The molecule has 70 valence electrons. The van der Waals surface area contributed by atoms with Gasteiger partial charge in [0.05, 0.1) is 11.7 Å². The summed E-state index contributed by atoms with van der Waals surface area (Å²) in [6.45, 7) is 6.18. The number of aliphatic hydroxyl groups is 2. The van der Waals surface area contributed by atoms with Gasteiger partial charge in [-0.1, -0.05) is 13.8 Å². The van der Waals surface area contributed by atoms with Crippen molar-refractivity contribution in [2.75, 3.05) is 0 Å². The second kappa shape index (κ2) is 2.05. The zero-order chi connectivity index (χ0) is 9.15. The van der Waals surface area contributed by atoms with Gasteiger partial charge in [-0.05, 0) is 37.0 Å². The molecule has 3 rings (SSSR count). The third kappa shape index (κ3) is 0.775. The molecule has 3 aliphatic rings. The van der Waals surface area contributed by atoms with Crippen molar-refractivity contribution in [2.45, 2.75) is 45.3 Å². The highest BCUT2D eigenvalue weighted by Gasteiger charge is 2.62. The lowest BCUT2D eigenvalue weighted by atomic mass is 9.43. The zero-order valence-corrected chi connectivity index (χ0v) is 8.04. The first kappa shape index (κ1) is 8.52. The molecule has 0 aromatic carbocycles. The van der Waals surface area contributed by atoms with Crippen molar-refractivity contribution in [2.24, 2.45) is 17.3 Å². The summed E-state index contributed by atoms with van der Waals surface area (Å²) in [6, 6.07) is 0. The molecular weight excluding hydrogens is 152 g/mol. The second-order valence-electron chi connectivity index (χ2n) is 5.28. The highest BCUT2D eigenvalue weighted by molar-refractivity contribution is 5.12. The first-order chi connectivity index (χ1) is 5.37. The third-order valence-corrected chi connectivity index (χ3v) is 4.36. The Morgan fingerprint density at radius 3 is 2.08 bits per heavy atom. The molecule has 3 fully saturated rings. The molecule has 3 saturated carbocycles. The molecule has 2 bridgehead atoms. The molecule has 0 heterocycles. The Bertz CT molecular complexity index is 208. The molecule has 2 nitrogen and oxygen atoms in total. The summed E-state index contributed by atoms with van der Waals surface area (Å²) in [4.78, 5) is 0. The minimum Gasteiger partial charge on any atom is -0.390 e. The van der Waals surface area contributed by atoms with Gasteiger partial charge in [-0.3, -0.25) is 0 Å². The van der Waals surface area contributed by atoms with Gasteiger partial charge in [-0.25, -0.2) is 0 Å². The normalized spacial score (nSPS) is 56.2. The van der Waals surface area contributed by atoms with Crippen molar-refractivity contribution >= 4 is 0 Å². The van der Waals surface area contributed by atoms with Crippen LogP contribution >= 0.6 is 0 Å². The zero-order valence-electron chi connectivity index (χ0n) is 8.04. The van der Waals surface area contributed by atoms with E-state index in [-0.39, 0.29) is 5.41 Å². The monoisotopic (exact) mass is 170 g/mol. The molecule has 0 amide bonds. The molecule has 0 aliphatic heterocycles. The molecule has 2 heteroatoms. The van der Waals surface area contributed by atoms with Gasteiger partial charge >= 0.3 is 0 Å². The van der Waals surface area contributed by atoms with Crippen LogP contribution in [-0.4, -0.2) is 21.9 Å². The van der Waals surface area contributed by atoms with Crippen LogP contribution in [-0.2, 0) is 0 Å². The van der Waals surface area contributed by atoms with Gasteiger partial charge in [0.2, 0.25) is 0 Å². The summed E-state index contributed by atoms with van der Waals surface area (Å²) >= 11 is 0. The Hall–Kier alpha value is -0.0800. The SMILES string of the molecule is CC1(C)[C@H]2C[C@@H](O)[C@@](C)(O)[C@@H]1C2. The summed E-state index contributed by atoms with van der Waals surface area (Å²) in [5.74, 6) is 0.913. The molecular formula is C10H18O2. The smallest absolute Gasteiger partial charge is 0.0910 e. The number of hydrogen-bond acceptors (Lipinski definition) is 2. The lowest BCUT2D eigenvalue weighted by Gasteiger charge is -2.64. The summed E-state index contributed by atoms with van der Waals surface area (Å²) in [7, 11) is 0. The molecule has 0 unspecified atom stereocenters. The van der Waals surface area contributed by atoms with Crippen LogP contribution < -0.4 is 0 Å². The second-order valence-corrected chi connectivity index (χ2v) is 5.28. The van der Waals surface area contributed by atoms with Gasteiger partial charge in [-0.2, -0.15) is 0 Å². The molecule has 3 aliphatic carbocycles. The molecule has 4 atom stereocenters. The van der Waals surface area contributed by atoms with Crippen LogP contribution in [0.5, 0.6) is 0 Å². The van der Waals surface area contributed by atoms with Crippen molar-refractivity contribution < 1.29 is 10.2 Å². The van der Waals surface area contributed by atoms with Crippen molar-refractivity contribution in [3.05, 3.63) is 0 Å². The van der Waals surface area contributed by atoms with E-state index in [1.807, 2.05) is 0 Å². The molecule has 0 saturated heterocycles. The maximum Gasteiger partial charge on any atom is 0.0910 e. The minimum absolute atomic E-state index is 0.239. The van der Waals surface area contributed by atoms with E-state index >= 15 is 0 Å². The van der Waals surface area contributed by atoms with Gasteiger partial charge in [-0.15, -0.1) is 0 Å². The van der Waals surface area contributed by atoms with E-state index in [4.69, 9.17) is 0 Å². The first-order valence-corrected chi connectivity index (χ1v) is 4.77. The van der Waals surface area contributed by atoms with Crippen molar-refractivity contribution in [1.29, 1.82) is 0 Å². The van der Waals surface area contributed by atoms with Crippen LogP contribution in [0, 0.1) is 17.3 Å². The maximum atomic E-state index is 10.0. The van der Waals surface area contributed by atoms with Gasteiger partial charge in [0.1, 0.15) is 0 Å². The van der Waals surface area contributed by atoms with E-state index in [9.17, 15) is 10.2 Å². The maximum absolute atomic E-state index is 10.0. The molecule has 0 aromatic heterocycles. The van der Waals surface area contributed by atoms with Gasteiger partial charge < -0.3 is 10.2 Å². The van der Waals surface area contributed by atoms with Crippen molar-refractivity contribution in [3.8, 4) is 0 Å². The number of fused-ring (bicyclic) bond motifs is 2. The molecule has 2 N–H and O–H groups in total. The Kier molecular flexibility index (Phi) is 1.45. The van der Waals surface area contributed by atoms with E-state index in [0.29, 0.717) is 11.8 Å². The van der Waals surface area contributed by atoms with E-state index in [0.717, 1.165) is 12.8 Å². The summed E-state index contributed by atoms with van der Waals surface area (Å²) in [6.07, 6.45) is 1.36. The van der Waals surface area contributed by atoms with Crippen molar-refractivity contribution in [3.63, 3.8) is 0 Å². The lowest BCUT2D eigenvalue weighted by molar-refractivity contribution is -0.245. The van der Waals surface area contributed by atoms with Crippen LogP contribution in [0.3, 0.4) is 0 Å². The fourth-order valence-electron chi connectivity index (χ4n) is 3.15. The van der Waals surface area contributed by atoms with Crippen LogP contribution in [0.2, 0.25) is 0 Å². The van der Waals surface area contributed by atoms with Crippen LogP contribution in [0.4, 0.5) is 0 Å². The lowest BCUT2D eigenvalue weighted by Crippen LogP contribution is -2.66. The van der Waals surface area contributed by atoms with E-state index in [2.05, 4.69) is 13.8 Å². The fraction of sp³-hybridized carbons (Fsp3) is 1.00. The predicted octanol–water partition coefficient (Wildman–Crippen LogP) is 1.16. The van der Waals surface area contributed by atoms with Gasteiger partial charge in [0, 0.05) is 0 Å². The van der Waals surface area contributed by atoms with E-state index in [1.54, 1.807) is 6.92 Å². The number of aliphatic hydroxyl groups excluding tert-OH is 1. The fourth-order valence-corrected chi connectivity index (χ4v) is 3.15. The van der Waals surface area contributed by atoms with Crippen LogP contribution in [0.25, 0.3) is 0 Å². The van der Waals surface area contributed by atoms with Gasteiger partial charge in [0.15, 0.2) is 0 Å². The summed E-state index contributed by atoms with van der Waals surface area (Å²) in [5, 5.41) is 19.7. The molecule has 0 spiro atoms. The molecule has 0 radical (unpaired) electrons. The standard InChI is InChI=1S/C10H18O2/c1-9(2)6-4-7(9)10(3,12)8(11)5-6/h6-8,11-12H,4-5H2,1-3H3/t6-,7-,8-,10+/m1/s1. The van der Waals surface area contributed by atoms with E-state index in [1.165, 1.54) is 0 Å². The molecule has 12 heavy (non-hydrogen) atoms. The first-order valence-electron chi connectivity index (χ1n) is 4.77. The average molecular weight is 170 g/mol. The van der Waals surface area contributed by atoms with Gasteiger partial charge in [0.25, 0.3) is 0 Å². The minimum atomic E-state index is -0.849. The topological polar surface area (TPSA) is 40.5 Å². The van der Waals surface area contributed by atoms with Crippen LogP contribution in [0.15, 0.2) is 0 Å². The predicted molar refractivity (Wildman–Crippen MR) is 46.6 cm³/mol. The quantitative estimate of drug-likeness (QED) is 0.573.